The molecular weight excluding hydrogens is 390 g/mol. The van der Waals surface area contributed by atoms with Crippen LogP contribution in [0.5, 0.6) is 0 Å². The molecule has 26 heavy (non-hydrogen) atoms. The number of Topliss-reactive ketones (excluding diaryl/α,β-unsaturated/α-hetero) is 1. The molecule has 4 heteroatoms. The number of benzene rings is 1. The van der Waals surface area contributed by atoms with Crippen LogP contribution in [0.1, 0.15) is 74.7 Å². The number of hydrogen-bond acceptors (Lipinski definition) is 2. The van der Waals surface area contributed by atoms with Gasteiger partial charge in [-0.1, -0.05) is 42.1 Å². The maximum absolute atomic E-state index is 13.1. The Morgan fingerprint density at radius 1 is 1.23 bits per heavy atom. The van der Waals surface area contributed by atoms with E-state index in [0.717, 1.165) is 48.5 Å². The number of ketones is 1. The monoisotopic (exact) mass is 419 g/mol. The highest BCUT2D eigenvalue weighted by molar-refractivity contribution is 9.10. The first-order valence-corrected chi connectivity index (χ1v) is 11.1. The van der Waals surface area contributed by atoms with Gasteiger partial charge in [0, 0.05) is 23.7 Å². The number of carbonyl (C=O) groups is 2. The van der Waals surface area contributed by atoms with Crippen molar-refractivity contribution in [1.82, 2.24) is 0 Å². The van der Waals surface area contributed by atoms with Crippen LogP contribution in [0, 0.1) is 11.8 Å². The minimum atomic E-state index is -0.178. The minimum absolute atomic E-state index is 0.1000. The van der Waals surface area contributed by atoms with Crippen LogP contribution in [0.2, 0.25) is 0 Å². The maximum Gasteiger partial charge on any atom is 0.230 e. The average molecular weight is 420 g/mol. The van der Waals surface area contributed by atoms with Crippen LogP contribution in [0.25, 0.3) is 0 Å². The van der Waals surface area contributed by atoms with Gasteiger partial charge in [-0.3, -0.25) is 9.59 Å². The Balaban J connectivity index is 1.64. The van der Waals surface area contributed by atoms with E-state index in [-0.39, 0.29) is 16.5 Å². The lowest BCUT2D eigenvalue weighted by Crippen LogP contribution is -2.36. The average Bonchev–Trinajstić information content (AvgIpc) is 3.08. The van der Waals surface area contributed by atoms with E-state index in [4.69, 9.17) is 0 Å². The van der Waals surface area contributed by atoms with Crippen molar-refractivity contribution in [3.8, 4) is 0 Å². The molecule has 1 aromatic rings. The largest absolute Gasteiger partial charge is 0.312 e. The van der Waals surface area contributed by atoms with E-state index in [0.29, 0.717) is 5.91 Å². The second kappa shape index (κ2) is 8.69. The Kier molecular flexibility index (Phi) is 6.55. The highest BCUT2D eigenvalue weighted by atomic mass is 79.9. The summed E-state index contributed by atoms with van der Waals surface area (Å²) in [6, 6.07) is 5.81. The number of hydrogen-bond donors (Lipinski definition) is 0. The van der Waals surface area contributed by atoms with Gasteiger partial charge >= 0.3 is 0 Å². The van der Waals surface area contributed by atoms with Crippen molar-refractivity contribution in [2.45, 2.75) is 70.0 Å². The summed E-state index contributed by atoms with van der Waals surface area (Å²) in [5.74, 6) is 1.40. The number of fused-ring (bicyclic) bond motifs is 1. The van der Waals surface area contributed by atoms with E-state index in [9.17, 15) is 9.59 Å². The summed E-state index contributed by atoms with van der Waals surface area (Å²) in [5, 5.41) is 0. The lowest BCUT2D eigenvalue weighted by Gasteiger charge is -2.30. The van der Waals surface area contributed by atoms with Crippen molar-refractivity contribution in [1.29, 1.82) is 0 Å². The standard InChI is InChI=1S/C22H30BrNO2/c1-3-4-5-16-6-8-17(9-7-16)22(26)24-13-12-18-14-19(10-11-20(18)24)21(25)15(2)23/h10-11,14-17H,3-9,12-13H2,1-2H3. The molecule has 1 saturated carbocycles. The zero-order valence-corrected chi connectivity index (χ0v) is 17.6. The van der Waals surface area contributed by atoms with Crippen LogP contribution in [0.15, 0.2) is 18.2 Å². The van der Waals surface area contributed by atoms with Gasteiger partial charge in [0.2, 0.25) is 5.91 Å². The summed E-state index contributed by atoms with van der Waals surface area (Å²) in [5.41, 5.74) is 2.88. The Labute approximate surface area is 165 Å². The van der Waals surface area contributed by atoms with Gasteiger partial charge < -0.3 is 4.90 Å². The molecule has 1 heterocycles. The number of rotatable bonds is 6. The van der Waals surface area contributed by atoms with Gasteiger partial charge in [-0.2, -0.15) is 0 Å². The molecule has 1 aliphatic carbocycles. The molecule has 1 aliphatic heterocycles. The van der Waals surface area contributed by atoms with E-state index in [1.165, 1.54) is 32.1 Å². The second-order valence-electron chi connectivity index (χ2n) is 7.92. The molecule has 0 N–H and O–H groups in total. The number of halogens is 1. The fraction of sp³-hybridized carbons (Fsp3) is 0.636. The Morgan fingerprint density at radius 2 is 1.96 bits per heavy atom. The number of carbonyl (C=O) groups excluding carboxylic acids is 2. The third kappa shape index (κ3) is 4.21. The predicted molar refractivity (Wildman–Crippen MR) is 110 cm³/mol. The lowest BCUT2D eigenvalue weighted by molar-refractivity contribution is -0.123. The summed E-state index contributed by atoms with van der Waals surface area (Å²) < 4.78 is 0. The maximum atomic E-state index is 13.1. The molecule has 1 amide bonds. The number of anilines is 1. The molecular formula is C22H30BrNO2. The van der Waals surface area contributed by atoms with Crippen LogP contribution < -0.4 is 4.90 Å². The highest BCUT2D eigenvalue weighted by Crippen LogP contribution is 2.36. The van der Waals surface area contributed by atoms with E-state index in [1.807, 2.05) is 30.0 Å². The zero-order valence-electron chi connectivity index (χ0n) is 16.0. The predicted octanol–water partition coefficient (Wildman–Crippen LogP) is 5.54. The molecule has 0 radical (unpaired) electrons. The smallest absolute Gasteiger partial charge is 0.230 e. The molecule has 1 aromatic carbocycles. The highest BCUT2D eigenvalue weighted by Gasteiger charge is 2.33. The molecule has 3 rings (SSSR count). The van der Waals surface area contributed by atoms with E-state index < -0.39 is 0 Å². The van der Waals surface area contributed by atoms with Gasteiger partial charge in [-0.25, -0.2) is 0 Å². The normalized spacial score (nSPS) is 23.6. The zero-order chi connectivity index (χ0) is 18.7. The van der Waals surface area contributed by atoms with Crippen LogP contribution in [-0.4, -0.2) is 23.1 Å². The van der Waals surface area contributed by atoms with Gasteiger partial charge in [-0.15, -0.1) is 0 Å². The van der Waals surface area contributed by atoms with Gasteiger partial charge in [0.05, 0.1) is 4.83 Å². The van der Waals surface area contributed by atoms with Crippen LogP contribution in [0.4, 0.5) is 5.69 Å². The Bertz CT molecular complexity index is 662. The van der Waals surface area contributed by atoms with Crippen molar-refractivity contribution < 1.29 is 9.59 Å². The van der Waals surface area contributed by atoms with Crippen molar-refractivity contribution >= 4 is 33.3 Å². The molecule has 1 fully saturated rings. The number of amides is 1. The number of alkyl halides is 1. The van der Waals surface area contributed by atoms with Crippen molar-refractivity contribution in [2.24, 2.45) is 11.8 Å². The van der Waals surface area contributed by atoms with E-state index in [2.05, 4.69) is 22.9 Å². The van der Waals surface area contributed by atoms with E-state index >= 15 is 0 Å². The molecule has 0 aromatic heterocycles. The van der Waals surface area contributed by atoms with Gasteiger partial charge in [0.1, 0.15) is 0 Å². The minimum Gasteiger partial charge on any atom is -0.312 e. The fourth-order valence-electron chi connectivity index (χ4n) is 4.42. The Morgan fingerprint density at radius 3 is 2.62 bits per heavy atom. The van der Waals surface area contributed by atoms with Crippen LogP contribution in [0.3, 0.4) is 0 Å². The third-order valence-electron chi connectivity index (χ3n) is 6.05. The van der Waals surface area contributed by atoms with Crippen molar-refractivity contribution in [2.75, 3.05) is 11.4 Å². The van der Waals surface area contributed by atoms with Crippen LogP contribution >= 0.6 is 15.9 Å². The fourth-order valence-corrected chi connectivity index (χ4v) is 4.69. The summed E-state index contributed by atoms with van der Waals surface area (Å²) >= 11 is 3.35. The Hall–Kier alpha value is -1.16. The number of nitrogens with zero attached hydrogens (tertiary/aromatic N) is 1. The molecule has 2 aliphatic rings. The second-order valence-corrected chi connectivity index (χ2v) is 9.30. The molecule has 1 atom stereocenters. The van der Waals surface area contributed by atoms with Crippen LogP contribution in [-0.2, 0) is 11.2 Å². The van der Waals surface area contributed by atoms with Gasteiger partial charge in [0.15, 0.2) is 5.78 Å². The molecule has 1 unspecified atom stereocenters. The first-order chi connectivity index (χ1) is 12.5. The van der Waals surface area contributed by atoms with E-state index in [1.54, 1.807) is 0 Å². The molecule has 142 valence electrons. The van der Waals surface area contributed by atoms with Gasteiger partial charge in [0.25, 0.3) is 0 Å². The third-order valence-corrected chi connectivity index (χ3v) is 6.46. The summed E-state index contributed by atoms with van der Waals surface area (Å²) in [7, 11) is 0. The lowest BCUT2D eigenvalue weighted by atomic mass is 9.79. The van der Waals surface area contributed by atoms with Crippen molar-refractivity contribution in [3.63, 3.8) is 0 Å². The summed E-state index contributed by atoms with van der Waals surface area (Å²) in [4.78, 5) is 27.0. The van der Waals surface area contributed by atoms with Gasteiger partial charge in [-0.05, 0) is 68.7 Å². The molecule has 0 spiro atoms. The molecule has 3 nitrogen and oxygen atoms in total. The topological polar surface area (TPSA) is 37.4 Å². The quantitative estimate of drug-likeness (QED) is 0.448. The first kappa shape index (κ1) is 19.6. The SMILES string of the molecule is CCCCC1CCC(C(=O)N2CCc3cc(C(=O)C(C)Br)ccc32)CC1. The summed E-state index contributed by atoms with van der Waals surface area (Å²) in [6.07, 6.45) is 9.24. The molecule has 0 saturated heterocycles. The summed E-state index contributed by atoms with van der Waals surface area (Å²) in [6.45, 7) is 4.85. The molecule has 0 bridgehead atoms. The number of unbranched alkanes of at least 4 members (excludes halogenated alkanes) is 1. The first-order valence-electron chi connectivity index (χ1n) is 10.1. The van der Waals surface area contributed by atoms with Crippen molar-refractivity contribution in [3.05, 3.63) is 29.3 Å².